The maximum Gasteiger partial charge on any atom is 0.227 e. The monoisotopic (exact) mass is 436 g/mol. The van der Waals surface area contributed by atoms with E-state index in [9.17, 15) is 14.7 Å². The Morgan fingerprint density at radius 2 is 2.08 bits per heavy atom. The third-order valence-electron chi connectivity index (χ3n) is 4.34. The largest absolute Gasteiger partial charge is 0.387 e. The van der Waals surface area contributed by atoms with E-state index in [1.165, 1.54) is 4.90 Å². The molecule has 0 aliphatic carbocycles. The Labute approximate surface area is 165 Å². The number of hydrogen-bond donors (Lipinski definition) is 2. The lowest BCUT2D eigenvalue weighted by atomic mass is 10.1. The number of carbonyl (C=O) groups is 2. The molecule has 1 fully saturated rings. The summed E-state index contributed by atoms with van der Waals surface area (Å²) in [5.74, 6) is -0.846. The molecule has 2 aromatic carbocycles. The minimum absolute atomic E-state index is 0.0894. The van der Waals surface area contributed by atoms with E-state index in [4.69, 9.17) is 11.6 Å². The minimum Gasteiger partial charge on any atom is -0.387 e. The molecule has 2 atom stereocenters. The number of carbonyl (C=O) groups excluding carboxylic acids is 2. The number of nitrogens with one attached hydrogen (secondary N) is 1. The molecule has 2 amide bonds. The molecule has 136 valence electrons. The molecule has 1 heterocycles. The van der Waals surface area contributed by atoms with Crippen LogP contribution in [0.2, 0.25) is 5.02 Å². The maximum atomic E-state index is 12.4. The Balaban J connectivity index is 1.59. The highest BCUT2D eigenvalue weighted by molar-refractivity contribution is 9.10. The number of nitrogens with zero attached hydrogens (tertiary/aromatic N) is 1. The van der Waals surface area contributed by atoms with Crippen molar-refractivity contribution in [1.29, 1.82) is 0 Å². The molecule has 1 aliphatic rings. The first kappa shape index (κ1) is 18.9. The summed E-state index contributed by atoms with van der Waals surface area (Å²) in [6.07, 6.45) is -0.683. The number of anilines is 1. The van der Waals surface area contributed by atoms with E-state index in [-0.39, 0.29) is 31.3 Å². The molecule has 26 heavy (non-hydrogen) atoms. The van der Waals surface area contributed by atoms with Crippen LogP contribution in [0.3, 0.4) is 0 Å². The zero-order valence-electron chi connectivity index (χ0n) is 13.9. The van der Waals surface area contributed by atoms with E-state index in [1.807, 2.05) is 12.1 Å². The van der Waals surface area contributed by atoms with Crippen molar-refractivity contribution in [1.82, 2.24) is 5.32 Å². The first-order chi connectivity index (χ1) is 12.5. The Morgan fingerprint density at radius 3 is 2.81 bits per heavy atom. The zero-order chi connectivity index (χ0) is 18.7. The van der Waals surface area contributed by atoms with Gasteiger partial charge in [0.05, 0.1) is 22.7 Å². The summed E-state index contributed by atoms with van der Waals surface area (Å²) in [5.41, 5.74) is 1.32. The average molecular weight is 438 g/mol. The number of benzene rings is 2. The van der Waals surface area contributed by atoms with Gasteiger partial charge in [0.2, 0.25) is 11.8 Å². The predicted molar refractivity (Wildman–Crippen MR) is 104 cm³/mol. The van der Waals surface area contributed by atoms with Crippen LogP contribution in [0.25, 0.3) is 0 Å². The second kappa shape index (κ2) is 8.20. The van der Waals surface area contributed by atoms with E-state index in [0.29, 0.717) is 16.3 Å². The molecule has 0 spiro atoms. The van der Waals surface area contributed by atoms with Crippen LogP contribution in [-0.2, 0) is 9.59 Å². The molecule has 0 aromatic heterocycles. The molecule has 0 radical (unpaired) electrons. The second-order valence-electron chi connectivity index (χ2n) is 6.17. The summed E-state index contributed by atoms with van der Waals surface area (Å²) in [4.78, 5) is 26.2. The summed E-state index contributed by atoms with van der Waals surface area (Å²) in [5, 5.41) is 13.4. The van der Waals surface area contributed by atoms with Gasteiger partial charge in [0.1, 0.15) is 0 Å². The molecule has 7 heteroatoms. The predicted octanol–water partition coefficient (Wildman–Crippen LogP) is 3.31. The summed E-state index contributed by atoms with van der Waals surface area (Å²) in [6, 6.07) is 14.3. The van der Waals surface area contributed by atoms with Crippen LogP contribution >= 0.6 is 27.5 Å². The van der Waals surface area contributed by atoms with Crippen molar-refractivity contribution in [2.24, 2.45) is 5.92 Å². The summed E-state index contributed by atoms with van der Waals surface area (Å²) in [7, 11) is 0. The molecule has 0 saturated carbocycles. The maximum absolute atomic E-state index is 12.4. The minimum atomic E-state index is -0.812. The molecule has 2 N–H and O–H groups in total. The summed E-state index contributed by atoms with van der Waals surface area (Å²) < 4.78 is 0.858. The van der Waals surface area contributed by atoms with Gasteiger partial charge in [0.15, 0.2) is 0 Å². The van der Waals surface area contributed by atoms with E-state index in [1.54, 1.807) is 36.4 Å². The summed E-state index contributed by atoms with van der Waals surface area (Å²) in [6.45, 7) is 0.369. The van der Waals surface area contributed by atoms with E-state index >= 15 is 0 Å². The first-order valence-electron chi connectivity index (χ1n) is 8.22. The molecule has 0 bridgehead atoms. The lowest BCUT2D eigenvalue weighted by Crippen LogP contribution is -2.35. The normalized spacial score (nSPS) is 18.0. The topological polar surface area (TPSA) is 69.6 Å². The van der Waals surface area contributed by atoms with Gasteiger partial charge in [-0.1, -0.05) is 51.8 Å². The van der Waals surface area contributed by atoms with Gasteiger partial charge in [0.25, 0.3) is 0 Å². The van der Waals surface area contributed by atoms with Crippen LogP contribution < -0.4 is 10.2 Å². The smallest absolute Gasteiger partial charge is 0.227 e. The van der Waals surface area contributed by atoms with Crippen molar-refractivity contribution in [2.75, 3.05) is 18.0 Å². The van der Waals surface area contributed by atoms with Crippen LogP contribution in [0, 0.1) is 5.92 Å². The number of hydrogen-bond acceptors (Lipinski definition) is 3. The van der Waals surface area contributed by atoms with Crippen LogP contribution in [0.4, 0.5) is 5.69 Å². The van der Waals surface area contributed by atoms with E-state index < -0.39 is 12.0 Å². The molecule has 1 aliphatic heterocycles. The van der Waals surface area contributed by atoms with Gasteiger partial charge in [-0.05, 0) is 29.8 Å². The van der Waals surface area contributed by atoms with Crippen molar-refractivity contribution in [3.63, 3.8) is 0 Å². The number of para-hydroxylation sites is 1. The molecule has 1 saturated heterocycles. The first-order valence-corrected chi connectivity index (χ1v) is 9.39. The Bertz CT molecular complexity index is 830. The highest BCUT2D eigenvalue weighted by Gasteiger charge is 2.35. The van der Waals surface area contributed by atoms with Crippen molar-refractivity contribution in [3.8, 4) is 0 Å². The van der Waals surface area contributed by atoms with Crippen molar-refractivity contribution in [3.05, 3.63) is 63.6 Å². The lowest BCUT2D eigenvalue weighted by molar-refractivity contribution is -0.126. The third-order valence-corrected chi connectivity index (χ3v) is 5.16. The van der Waals surface area contributed by atoms with Crippen LogP contribution in [0.1, 0.15) is 18.1 Å². The number of rotatable bonds is 5. The highest BCUT2D eigenvalue weighted by atomic mass is 79.9. The molecular weight excluding hydrogens is 420 g/mol. The number of amides is 2. The molecular formula is C19H18BrClN2O3. The number of halogens is 2. The number of aliphatic hydroxyl groups is 1. The fourth-order valence-corrected chi connectivity index (χ4v) is 3.61. The Morgan fingerprint density at radius 1 is 1.31 bits per heavy atom. The average Bonchev–Trinajstić information content (AvgIpc) is 3.01. The van der Waals surface area contributed by atoms with Crippen molar-refractivity contribution < 1.29 is 14.7 Å². The van der Waals surface area contributed by atoms with E-state index in [2.05, 4.69) is 21.2 Å². The van der Waals surface area contributed by atoms with Crippen LogP contribution in [-0.4, -0.2) is 30.0 Å². The highest BCUT2D eigenvalue weighted by Crippen LogP contribution is 2.31. The standard InChI is InChI=1S/C19H18BrClN2O3/c20-14-5-3-4-12(8-14)17(24)10-22-19(26)13-9-18(25)23(11-13)16-7-2-1-6-15(16)21/h1-8,13,17,24H,9-11H2,(H,22,26)/t13-,17-/m0/s1. The lowest BCUT2D eigenvalue weighted by Gasteiger charge is -2.18. The molecule has 2 aromatic rings. The quantitative estimate of drug-likeness (QED) is 0.754. The Kier molecular flexibility index (Phi) is 5.96. The van der Waals surface area contributed by atoms with Crippen LogP contribution in [0.15, 0.2) is 53.0 Å². The molecule has 0 unspecified atom stereocenters. The fraction of sp³-hybridized carbons (Fsp3) is 0.263. The fourth-order valence-electron chi connectivity index (χ4n) is 2.96. The van der Waals surface area contributed by atoms with Gasteiger partial charge >= 0.3 is 0 Å². The third kappa shape index (κ3) is 4.26. The van der Waals surface area contributed by atoms with E-state index in [0.717, 1.165) is 4.47 Å². The van der Waals surface area contributed by atoms with Gasteiger partial charge < -0.3 is 15.3 Å². The van der Waals surface area contributed by atoms with Crippen molar-refractivity contribution in [2.45, 2.75) is 12.5 Å². The van der Waals surface area contributed by atoms with Gasteiger partial charge in [-0.3, -0.25) is 9.59 Å². The Hall–Kier alpha value is -1.89. The zero-order valence-corrected chi connectivity index (χ0v) is 16.2. The SMILES string of the molecule is O=C(NC[C@H](O)c1cccc(Br)c1)[C@H]1CC(=O)N(c2ccccc2Cl)C1. The summed E-state index contributed by atoms with van der Waals surface area (Å²) >= 11 is 9.50. The second-order valence-corrected chi connectivity index (χ2v) is 7.50. The van der Waals surface area contributed by atoms with Gasteiger partial charge in [0, 0.05) is 24.0 Å². The van der Waals surface area contributed by atoms with Crippen molar-refractivity contribution >= 4 is 45.0 Å². The molecule has 3 rings (SSSR count). The van der Waals surface area contributed by atoms with Gasteiger partial charge in [-0.2, -0.15) is 0 Å². The van der Waals surface area contributed by atoms with Gasteiger partial charge in [-0.15, -0.1) is 0 Å². The van der Waals surface area contributed by atoms with Crippen LogP contribution in [0.5, 0.6) is 0 Å². The van der Waals surface area contributed by atoms with Gasteiger partial charge in [-0.25, -0.2) is 0 Å². The molecule has 5 nitrogen and oxygen atoms in total. The number of aliphatic hydroxyl groups excluding tert-OH is 1.